The van der Waals surface area contributed by atoms with Gasteiger partial charge in [-0.1, -0.05) is 13.0 Å². The number of phenols is 1. The van der Waals surface area contributed by atoms with Crippen LogP contribution < -0.4 is 10.1 Å². The van der Waals surface area contributed by atoms with Gasteiger partial charge in [-0.05, 0) is 24.2 Å². The Bertz CT molecular complexity index is 371. The third-order valence-electron chi connectivity index (χ3n) is 2.07. The van der Waals surface area contributed by atoms with E-state index in [4.69, 9.17) is 10.00 Å². The van der Waals surface area contributed by atoms with E-state index in [1.165, 1.54) is 13.2 Å². The molecule has 15 heavy (non-hydrogen) atoms. The summed E-state index contributed by atoms with van der Waals surface area (Å²) in [7, 11) is 1.48. The Kier molecular flexibility index (Phi) is 3.95. The van der Waals surface area contributed by atoms with Gasteiger partial charge in [0.2, 0.25) is 0 Å². The summed E-state index contributed by atoms with van der Waals surface area (Å²) in [6, 6.07) is 6.66. The number of nitrogens with one attached hydrogen (secondary N) is 1. The number of ether oxygens (including phenoxy) is 1. The zero-order valence-electron chi connectivity index (χ0n) is 8.82. The Morgan fingerprint density at radius 3 is 2.87 bits per heavy atom. The van der Waals surface area contributed by atoms with E-state index in [1.807, 2.05) is 6.92 Å². The zero-order valence-corrected chi connectivity index (χ0v) is 8.82. The summed E-state index contributed by atoms with van der Waals surface area (Å²) < 4.78 is 4.97. The van der Waals surface area contributed by atoms with Crippen molar-refractivity contribution in [3.05, 3.63) is 23.8 Å². The first-order valence-electron chi connectivity index (χ1n) is 4.72. The molecule has 2 N–H and O–H groups in total. The fourth-order valence-electron chi connectivity index (χ4n) is 1.32. The lowest BCUT2D eigenvalue weighted by Crippen LogP contribution is -2.19. The molecule has 0 aliphatic rings. The molecule has 0 saturated carbocycles. The predicted molar refractivity (Wildman–Crippen MR) is 56.7 cm³/mol. The number of methoxy groups -OCH3 is 1. The molecule has 0 bridgehead atoms. The SMILES string of the molecule is CCNC(C#N)c1ccc(O)c(OC)c1. The molecular weight excluding hydrogens is 192 g/mol. The molecular formula is C11H14N2O2. The summed E-state index contributed by atoms with van der Waals surface area (Å²) in [6.45, 7) is 2.64. The number of rotatable bonds is 4. The van der Waals surface area contributed by atoms with E-state index in [1.54, 1.807) is 12.1 Å². The molecule has 0 aliphatic carbocycles. The van der Waals surface area contributed by atoms with Crippen molar-refractivity contribution in [1.82, 2.24) is 5.32 Å². The summed E-state index contributed by atoms with van der Waals surface area (Å²) >= 11 is 0. The summed E-state index contributed by atoms with van der Waals surface area (Å²) in [4.78, 5) is 0. The minimum absolute atomic E-state index is 0.0782. The van der Waals surface area contributed by atoms with Crippen molar-refractivity contribution < 1.29 is 9.84 Å². The van der Waals surface area contributed by atoms with Gasteiger partial charge < -0.3 is 9.84 Å². The Hall–Kier alpha value is -1.73. The number of phenolic OH excluding ortho intramolecular Hbond substituents is 1. The molecule has 1 aromatic rings. The van der Waals surface area contributed by atoms with Gasteiger partial charge in [-0.2, -0.15) is 5.26 Å². The maximum Gasteiger partial charge on any atom is 0.160 e. The summed E-state index contributed by atoms with van der Waals surface area (Å²) in [5, 5.41) is 21.3. The van der Waals surface area contributed by atoms with Gasteiger partial charge in [0.1, 0.15) is 6.04 Å². The minimum Gasteiger partial charge on any atom is -0.504 e. The van der Waals surface area contributed by atoms with Gasteiger partial charge in [-0.15, -0.1) is 0 Å². The number of aromatic hydroxyl groups is 1. The molecule has 0 radical (unpaired) electrons. The van der Waals surface area contributed by atoms with E-state index < -0.39 is 0 Å². The van der Waals surface area contributed by atoms with Gasteiger partial charge in [-0.25, -0.2) is 0 Å². The standard InChI is InChI=1S/C11H14N2O2/c1-3-13-9(7-12)8-4-5-10(14)11(6-8)15-2/h4-6,9,13-14H,3H2,1-2H3. The van der Waals surface area contributed by atoms with Crippen molar-refractivity contribution in [2.45, 2.75) is 13.0 Å². The molecule has 0 aromatic heterocycles. The van der Waals surface area contributed by atoms with Crippen LogP contribution in [-0.4, -0.2) is 18.8 Å². The van der Waals surface area contributed by atoms with Crippen LogP contribution in [-0.2, 0) is 0 Å². The van der Waals surface area contributed by atoms with Crippen molar-refractivity contribution >= 4 is 0 Å². The quantitative estimate of drug-likeness (QED) is 0.784. The van der Waals surface area contributed by atoms with Gasteiger partial charge in [0.25, 0.3) is 0 Å². The van der Waals surface area contributed by atoms with Crippen molar-refractivity contribution in [2.75, 3.05) is 13.7 Å². The highest BCUT2D eigenvalue weighted by molar-refractivity contribution is 5.43. The maximum atomic E-state index is 9.39. The molecule has 80 valence electrons. The fourth-order valence-corrected chi connectivity index (χ4v) is 1.32. The Labute approximate surface area is 89.1 Å². The van der Waals surface area contributed by atoms with Gasteiger partial charge in [0, 0.05) is 0 Å². The lowest BCUT2D eigenvalue weighted by Gasteiger charge is -2.11. The van der Waals surface area contributed by atoms with Crippen molar-refractivity contribution in [1.29, 1.82) is 5.26 Å². The monoisotopic (exact) mass is 206 g/mol. The summed E-state index contributed by atoms with van der Waals surface area (Å²) in [5.41, 5.74) is 0.786. The Morgan fingerprint density at radius 1 is 1.60 bits per heavy atom. The minimum atomic E-state index is -0.371. The molecule has 0 spiro atoms. The Morgan fingerprint density at radius 2 is 2.33 bits per heavy atom. The van der Waals surface area contributed by atoms with Gasteiger partial charge in [0.05, 0.1) is 13.2 Å². The molecule has 1 unspecified atom stereocenters. The van der Waals surface area contributed by atoms with E-state index >= 15 is 0 Å². The van der Waals surface area contributed by atoms with Crippen LogP contribution in [0.5, 0.6) is 11.5 Å². The molecule has 1 aromatic carbocycles. The predicted octanol–water partition coefficient (Wildman–Crippen LogP) is 1.57. The first kappa shape index (κ1) is 11.3. The van der Waals surface area contributed by atoms with Crippen molar-refractivity contribution in [3.63, 3.8) is 0 Å². The van der Waals surface area contributed by atoms with Crippen molar-refractivity contribution in [3.8, 4) is 17.6 Å². The summed E-state index contributed by atoms with van der Waals surface area (Å²) in [5.74, 6) is 0.458. The lowest BCUT2D eigenvalue weighted by atomic mass is 10.1. The van der Waals surface area contributed by atoms with Crippen molar-refractivity contribution in [2.24, 2.45) is 0 Å². The van der Waals surface area contributed by atoms with Crippen LogP contribution in [0, 0.1) is 11.3 Å². The number of hydrogen-bond acceptors (Lipinski definition) is 4. The summed E-state index contributed by atoms with van der Waals surface area (Å²) in [6.07, 6.45) is 0. The van der Waals surface area contributed by atoms with Gasteiger partial charge >= 0.3 is 0 Å². The molecule has 4 nitrogen and oxygen atoms in total. The first-order chi connectivity index (χ1) is 7.22. The highest BCUT2D eigenvalue weighted by Gasteiger charge is 2.11. The van der Waals surface area contributed by atoms with Crippen LogP contribution in [0.4, 0.5) is 0 Å². The third-order valence-corrected chi connectivity index (χ3v) is 2.07. The van der Waals surface area contributed by atoms with Crippen LogP contribution >= 0.6 is 0 Å². The zero-order chi connectivity index (χ0) is 11.3. The largest absolute Gasteiger partial charge is 0.504 e. The smallest absolute Gasteiger partial charge is 0.160 e. The van der Waals surface area contributed by atoms with E-state index in [0.29, 0.717) is 12.3 Å². The molecule has 1 rings (SSSR count). The van der Waals surface area contributed by atoms with Crippen LogP contribution in [0.1, 0.15) is 18.5 Å². The second-order valence-electron chi connectivity index (χ2n) is 3.05. The van der Waals surface area contributed by atoms with Crippen LogP contribution in [0.15, 0.2) is 18.2 Å². The molecule has 1 atom stereocenters. The van der Waals surface area contributed by atoms with Crippen LogP contribution in [0.2, 0.25) is 0 Å². The molecule has 0 saturated heterocycles. The van der Waals surface area contributed by atoms with E-state index in [9.17, 15) is 5.11 Å². The number of hydrogen-bond donors (Lipinski definition) is 2. The van der Waals surface area contributed by atoms with Crippen LogP contribution in [0.3, 0.4) is 0 Å². The average Bonchev–Trinajstić information content (AvgIpc) is 2.27. The average molecular weight is 206 g/mol. The number of benzene rings is 1. The Balaban J connectivity index is 2.99. The van der Waals surface area contributed by atoms with Crippen LogP contribution in [0.25, 0.3) is 0 Å². The van der Waals surface area contributed by atoms with E-state index in [0.717, 1.165) is 5.56 Å². The molecule has 0 amide bonds. The number of nitrogens with zero attached hydrogens (tertiary/aromatic N) is 1. The molecule has 0 heterocycles. The topological polar surface area (TPSA) is 65.3 Å². The second kappa shape index (κ2) is 5.23. The third kappa shape index (κ3) is 2.61. The van der Waals surface area contributed by atoms with Gasteiger partial charge in [0.15, 0.2) is 11.5 Å². The maximum absolute atomic E-state index is 9.39. The van der Waals surface area contributed by atoms with Gasteiger partial charge in [-0.3, -0.25) is 5.32 Å². The molecule has 0 fully saturated rings. The highest BCUT2D eigenvalue weighted by atomic mass is 16.5. The molecule has 0 aliphatic heterocycles. The number of nitriles is 1. The molecule has 4 heteroatoms. The van der Waals surface area contributed by atoms with E-state index in [-0.39, 0.29) is 11.8 Å². The highest BCUT2D eigenvalue weighted by Crippen LogP contribution is 2.28. The normalized spacial score (nSPS) is 11.8. The first-order valence-corrected chi connectivity index (χ1v) is 4.72. The lowest BCUT2D eigenvalue weighted by molar-refractivity contribution is 0.372. The fraction of sp³-hybridized carbons (Fsp3) is 0.364. The second-order valence-corrected chi connectivity index (χ2v) is 3.05. The van der Waals surface area contributed by atoms with E-state index in [2.05, 4.69) is 11.4 Å².